The Hall–Kier alpha value is -2.43. The summed E-state index contributed by atoms with van der Waals surface area (Å²) in [7, 11) is 3.03. The van der Waals surface area contributed by atoms with Crippen molar-refractivity contribution in [3.63, 3.8) is 0 Å². The number of methoxy groups -OCH3 is 1. The zero-order chi connectivity index (χ0) is 14.7. The van der Waals surface area contributed by atoms with E-state index in [0.29, 0.717) is 11.4 Å². The van der Waals surface area contributed by atoms with E-state index in [1.54, 1.807) is 24.3 Å². The summed E-state index contributed by atoms with van der Waals surface area (Å²) >= 11 is 0. The minimum Gasteiger partial charge on any atom is -0.497 e. The number of halogens is 2. The Balaban J connectivity index is 2.29. The predicted octanol–water partition coefficient (Wildman–Crippen LogP) is 3.25. The molecule has 0 radical (unpaired) electrons. The minimum absolute atomic E-state index is 0.302. The van der Waals surface area contributed by atoms with Crippen LogP contribution in [0.15, 0.2) is 42.5 Å². The molecule has 0 saturated carbocycles. The highest BCUT2D eigenvalue weighted by molar-refractivity contribution is 6.05. The van der Waals surface area contributed by atoms with Crippen LogP contribution in [0.1, 0.15) is 10.4 Å². The Bertz CT molecular complexity index is 626. The van der Waals surface area contributed by atoms with Crippen LogP contribution < -0.4 is 9.64 Å². The van der Waals surface area contributed by atoms with Crippen molar-refractivity contribution in [2.75, 3.05) is 19.1 Å². The molecule has 0 N–H and O–H groups in total. The van der Waals surface area contributed by atoms with Crippen LogP contribution in [0.2, 0.25) is 0 Å². The third kappa shape index (κ3) is 2.77. The third-order valence-electron chi connectivity index (χ3n) is 2.92. The smallest absolute Gasteiger partial charge is 0.261 e. The van der Waals surface area contributed by atoms with Crippen LogP contribution in [-0.4, -0.2) is 20.1 Å². The fraction of sp³-hybridized carbons (Fsp3) is 0.133. The van der Waals surface area contributed by atoms with Gasteiger partial charge in [-0.15, -0.1) is 0 Å². The molecular weight excluding hydrogens is 264 g/mol. The number of anilines is 1. The Morgan fingerprint density at radius 3 is 2.35 bits per heavy atom. The fourth-order valence-corrected chi connectivity index (χ4v) is 1.77. The van der Waals surface area contributed by atoms with Gasteiger partial charge in [-0.25, -0.2) is 8.78 Å². The summed E-state index contributed by atoms with van der Waals surface area (Å²) < 4.78 is 31.7. The Kier molecular flexibility index (Phi) is 3.98. The van der Waals surface area contributed by atoms with E-state index < -0.39 is 17.5 Å². The van der Waals surface area contributed by atoms with Crippen molar-refractivity contribution in [1.29, 1.82) is 0 Å². The number of rotatable bonds is 3. The van der Waals surface area contributed by atoms with Crippen LogP contribution >= 0.6 is 0 Å². The van der Waals surface area contributed by atoms with Gasteiger partial charge in [0.25, 0.3) is 5.91 Å². The van der Waals surface area contributed by atoms with Crippen molar-refractivity contribution in [2.24, 2.45) is 0 Å². The topological polar surface area (TPSA) is 29.5 Å². The molecule has 0 saturated heterocycles. The molecular formula is C15H13F2NO2. The lowest BCUT2D eigenvalue weighted by atomic mass is 10.1. The van der Waals surface area contributed by atoms with Gasteiger partial charge >= 0.3 is 0 Å². The number of hydrogen-bond donors (Lipinski definition) is 0. The average Bonchev–Trinajstić information content (AvgIpc) is 2.48. The minimum atomic E-state index is -0.753. The third-order valence-corrected chi connectivity index (χ3v) is 2.92. The van der Waals surface area contributed by atoms with E-state index >= 15 is 0 Å². The first kappa shape index (κ1) is 14.0. The Morgan fingerprint density at radius 2 is 1.75 bits per heavy atom. The van der Waals surface area contributed by atoms with Gasteiger partial charge in [-0.2, -0.15) is 0 Å². The van der Waals surface area contributed by atoms with Crippen LogP contribution in [0.25, 0.3) is 0 Å². The molecule has 104 valence electrons. The molecule has 2 rings (SSSR count). The normalized spacial score (nSPS) is 10.2. The van der Waals surface area contributed by atoms with Crippen LogP contribution in [0.5, 0.6) is 5.75 Å². The molecule has 0 heterocycles. The van der Waals surface area contributed by atoms with Crippen LogP contribution in [0.4, 0.5) is 14.5 Å². The maximum atomic E-state index is 13.6. The summed E-state index contributed by atoms with van der Waals surface area (Å²) in [5.41, 5.74) is 0.253. The molecule has 0 aromatic heterocycles. The number of nitrogens with zero attached hydrogens (tertiary/aromatic N) is 1. The molecule has 0 unspecified atom stereocenters. The number of benzene rings is 2. The van der Waals surface area contributed by atoms with E-state index in [4.69, 9.17) is 4.74 Å². The van der Waals surface area contributed by atoms with Crippen molar-refractivity contribution in [2.45, 2.75) is 0 Å². The first-order chi connectivity index (χ1) is 9.52. The standard InChI is InChI=1S/C15H13F2NO2/c1-18(11-4-6-12(20-2)7-5-11)15(19)13-9-10(16)3-8-14(13)17/h3-9H,1-2H3. The van der Waals surface area contributed by atoms with Gasteiger partial charge in [0.05, 0.1) is 12.7 Å². The second-order valence-electron chi connectivity index (χ2n) is 4.19. The molecule has 0 bridgehead atoms. The molecule has 0 aliphatic carbocycles. The van der Waals surface area contributed by atoms with E-state index in [0.717, 1.165) is 18.2 Å². The summed E-state index contributed by atoms with van der Waals surface area (Å²) in [6.07, 6.45) is 0. The molecule has 0 aliphatic rings. The Morgan fingerprint density at radius 1 is 1.10 bits per heavy atom. The van der Waals surface area contributed by atoms with Gasteiger partial charge in [0.15, 0.2) is 0 Å². The van der Waals surface area contributed by atoms with Gasteiger partial charge < -0.3 is 9.64 Å². The lowest BCUT2D eigenvalue weighted by Crippen LogP contribution is -2.27. The Labute approximate surface area is 115 Å². The maximum absolute atomic E-state index is 13.6. The maximum Gasteiger partial charge on any atom is 0.261 e. The van der Waals surface area contributed by atoms with E-state index in [9.17, 15) is 13.6 Å². The van der Waals surface area contributed by atoms with E-state index in [2.05, 4.69) is 0 Å². The summed E-state index contributed by atoms with van der Waals surface area (Å²) in [5, 5.41) is 0. The van der Waals surface area contributed by atoms with Crippen molar-refractivity contribution in [3.05, 3.63) is 59.7 Å². The van der Waals surface area contributed by atoms with Crippen molar-refractivity contribution >= 4 is 11.6 Å². The van der Waals surface area contributed by atoms with Gasteiger partial charge in [-0.05, 0) is 42.5 Å². The average molecular weight is 277 g/mol. The number of carbonyl (C=O) groups excluding carboxylic acids is 1. The van der Waals surface area contributed by atoms with Gasteiger partial charge in [-0.3, -0.25) is 4.79 Å². The lowest BCUT2D eigenvalue weighted by molar-refractivity contribution is 0.0988. The molecule has 2 aromatic rings. The molecule has 0 fully saturated rings. The number of carbonyl (C=O) groups is 1. The molecule has 5 heteroatoms. The highest BCUT2D eigenvalue weighted by Gasteiger charge is 2.18. The van der Waals surface area contributed by atoms with Gasteiger partial charge in [0.1, 0.15) is 17.4 Å². The molecule has 0 spiro atoms. The molecule has 0 aliphatic heterocycles. The molecule has 0 atom stereocenters. The van der Waals surface area contributed by atoms with Gasteiger partial charge in [0.2, 0.25) is 0 Å². The van der Waals surface area contributed by atoms with E-state index in [1.165, 1.54) is 19.1 Å². The molecule has 3 nitrogen and oxygen atoms in total. The molecule has 20 heavy (non-hydrogen) atoms. The van der Waals surface area contributed by atoms with Crippen LogP contribution in [0.3, 0.4) is 0 Å². The first-order valence-electron chi connectivity index (χ1n) is 5.90. The molecule has 2 aromatic carbocycles. The number of ether oxygens (including phenoxy) is 1. The van der Waals surface area contributed by atoms with Gasteiger partial charge in [0, 0.05) is 12.7 Å². The SMILES string of the molecule is COc1ccc(N(C)C(=O)c2cc(F)ccc2F)cc1. The first-order valence-corrected chi connectivity index (χ1v) is 5.90. The van der Waals surface area contributed by atoms with Crippen molar-refractivity contribution < 1.29 is 18.3 Å². The summed E-state index contributed by atoms with van der Waals surface area (Å²) in [6.45, 7) is 0. The van der Waals surface area contributed by atoms with Crippen LogP contribution in [0, 0.1) is 11.6 Å². The zero-order valence-corrected chi connectivity index (χ0v) is 11.1. The highest BCUT2D eigenvalue weighted by atomic mass is 19.1. The highest BCUT2D eigenvalue weighted by Crippen LogP contribution is 2.21. The summed E-state index contributed by atoms with van der Waals surface area (Å²) in [6, 6.07) is 9.48. The fourth-order valence-electron chi connectivity index (χ4n) is 1.77. The second-order valence-corrected chi connectivity index (χ2v) is 4.19. The monoisotopic (exact) mass is 277 g/mol. The van der Waals surface area contributed by atoms with E-state index in [-0.39, 0.29) is 5.56 Å². The lowest BCUT2D eigenvalue weighted by Gasteiger charge is -2.18. The largest absolute Gasteiger partial charge is 0.497 e. The van der Waals surface area contributed by atoms with Crippen molar-refractivity contribution in [1.82, 2.24) is 0 Å². The zero-order valence-electron chi connectivity index (χ0n) is 11.1. The number of hydrogen-bond acceptors (Lipinski definition) is 2. The quantitative estimate of drug-likeness (QED) is 0.862. The van der Waals surface area contributed by atoms with E-state index in [1.807, 2.05) is 0 Å². The second kappa shape index (κ2) is 5.69. The number of amides is 1. The summed E-state index contributed by atoms with van der Waals surface area (Å²) in [5.74, 6) is -1.38. The summed E-state index contributed by atoms with van der Waals surface area (Å²) in [4.78, 5) is 13.4. The predicted molar refractivity (Wildman–Crippen MR) is 72.1 cm³/mol. The van der Waals surface area contributed by atoms with Crippen LogP contribution in [-0.2, 0) is 0 Å². The van der Waals surface area contributed by atoms with Gasteiger partial charge in [-0.1, -0.05) is 0 Å². The van der Waals surface area contributed by atoms with Crippen molar-refractivity contribution in [3.8, 4) is 5.75 Å². The molecule has 1 amide bonds.